The molecule has 0 atom stereocenters. The number of nitrogens with zero attached hydrogens (tertiary/aromatic N) is 1. The smallest absolute Gasteiger partial charge is 0.211 e. The lowest BCUT2D eigenvalue weighted by atomic mass is 10.1. The number of nitrogens with one attached hydrogen (secondary N) is 1. The Morgan fingerprint density at radius 1 is 0.944 bits per heavy atom. The van der Waals surface area contributed by atoms with E-state index in [4.69, 9.17) is 0 Å². The van der Waals surface area contributed by atoms with Gasteiger partial charge < -0.3 is 5.32 Å². The summed E-state index contributed by atoms with van der Waals surface area (Å²) in [6.45, 7) is 7.24. The van der Waals surface area contributed by atoms with Gasteiger partial charge in [0.05, 0.1) is 6.26 Å². The van der Waals surface area contributed by atoms with E-state index in [1.54, 1.807) is 0 Å². The molecule has 1 N–H and O–H groups in total. The Labute approximate surface area is 113 Å². The van der Waals surface area contributed by atoms with Crippen molar-refractivity contribution in [2.24, 2.45) is 0 Å². The highest BCUT2D eigenvalue weighted by Gasteiger charge is 2.12. The molecule has 0 aliphatic heterocycles. The second-order valence-electron chi connectivity index (χ2n) is 4.77. The summed E-state index contributed by atoms with van der Waals surface area (Å²) in [7, 11) is -3.02. The number of hydrogen-bond donors (Lipinski definition) is 1. The van der Waals surface area contributed by atoms with Gasteiger partial charge in [-0.15, -0.1) is 0 Å². The Bertz CT molecular complexity index is 279. The highest BCUT2D eigenvalue weighted by Crippen LogP contribution is 2.01. The van der Waals surface area contributed by atoms with Crippen molar-refractivity contribution in [3.05, 3.63) is 0 Å². The van der Waals surface area contributed by atoms with E-state index in [9.17, 15) is 8.42 Å². The van der Waals surface area contributed by atoms with Gasteiger partial charge in [-0.1, -0.05) is 39.5 Å². The molecule has 0 radical (unpaired) electrons. The largest absolute Gasteiger partial charge is 0.317 e. The summed E-state index contributed by atoms with van der Waals surface area (Å²) in [5.41, 5.74) is 0. The lowest BCUT2D eigenvalue weighted by Gasteiger charge is -2.17. The van der Waals surface area contributed by atoms with E-state index in [0.717, 1.165) is 19.5 Å². The summed E-state index contributed by atoms with van der Waals surface area (Å²) in [6, 6.07) is 0. The van der Waals surface area contributed by atoms with Gasteiger partial charge in [-0.3, -0.25) is 0 Å². The zero-order valence-electron chi connectivity index (χ0n) is 12.2. The van der Waals surface area contributed by atoms with Gasteiger partial charge in [-0.05, 0) is 25.9 Å². The fourth-order valence-corrected chi connectivity index (χ4v) is 2.85. The summed E-state index contributed by atoms with van der Waals surface area (Å²) in [5.74, 6) is 0. The van der Waals surface area contributed by atoms with Crippen molar-refractivity contribution in [2.75, 3.05) is 32.4 Å². The van der Waals surface area contributed by atoms with Gasteiger partial charge in [0, 0.05) is 13.1 Å². The van der Waals surface area contributed by atoms with E-state index >= 15 is 0 Å². The van der Waals surface area contributed by atoms with Gasteiger partial charge in [-0.25, -0.2) is 12.7 Å². The minimum Gasteiger partial charge on any atom is -0.317 e. The van der Waals surface area contributed by atoms with Crippen LogP contribution >= 0.6 is 0 Å². The molecule has 0 bridgehead atoms. The minimum atomic E-state index is -3.02. The normalized spacial score (nSPS) is 12.2. The first-order chi connectivity index (χ1) is 8.52. The van der Waals surface area contributed by atoms with Crippen LogP contribution in [0.15, 0.2) is 0 Å². The van der Waals surface area contributed by atoms with Gasteiger partial charge in [0.2, 0.25) is 10.0 Å². The fourth-order valence-electron chi connectivity index (χ4n) is 1.92. The molecule has 0 amide bonds. The van der Waals surface area contributed by atoms with Crippen molar-refractivity contribution in [3.8, 4) is 0 Å². The van der Waals surface area contributed by atoms with Crippen molar-refractivity contribution in [3.63, 3.8) is 0 Å². The Morgan fingerprint density at radius 2 is 1.56 bits per heavy atom. The molecule has 0 unspecified atom stereocenters. The number of sulfonamides is 1. The first-order valence-electron chi connectivity index (χ1n) is 7.18. The van der Waals surface area contributed by atoms with Crippen LogP contribution < -0.4 is 5.32 Å². The van der Waals surface area contributed by atoms with Crippen LogP contribution in [0.5, 0.6) is 0 Å². The number of hydrogen-bond acceptors (Lipinski definition) is 3. The van der Waals surface area contributed by atoms with E-state index < -0.39 is 10.0 Å². The molecule has 0 spiro atoms. The topological polar surface area (TPSA) is 49.4 Å². The fraction of sp³-hybridized carbons (Fsp3) is 1.00. The van der Waals surface area contributed by atoms with Crippen LogP contribution in [0.3, 0.4) is 0 Å². The predicted molar refractivity (Wildman–Crippen MR) is 78.3 cm³/mol. The minimum absolute atomic E-state index is 0.565. The molecule has 0 heterocycles. The van der Waals surface area contributed by atoms with Gasteiger partial charge in [0.25, 0.3) is 0 Å². The molecule has 0 aromatic heterocycles. The van der Waals surface area contributed by atoms with E-state index in [2.05, 4.69) is 12.2 Å². The summed E-state index contributed by atoms with van der Waals surface area (Å²) in [4.78, 5) is 0. The third kappa shape index (κ3) is 9.85. The number of unbranched alkanes of at least 4 members (excludes halogenated alkanes) is 4. The lowest BCUT2D eigenvalue weighted by Crippen LogP contribution is -2.32. The van der Waals surface area contributed by atoms with Crippen LogP contribution in [0.2, 0.25) is 0 Å². The van der Waals surface area contributed by atoms with E-state index in [-0.39, 0.29) is 0 Å². The average Bonchev–Trinajstić information content (AvgIpc) is 2.30. The summed E-state index contributed by atoms with van der Waals surface area (Å²) < 4.78 is 24.2. The Hall–Kier alpha value is -0.130. The van der Waals surface area contributed by atoms with Crippen molar-refractivity contribution in [2.45, 2.75) is 52.4 Å². The molecular formula is C13H30N2O2S. The Morgan fingerprint density at radius 3 is 2.11 bits per heavy atom. The van der Waals surface area contributed by atoms with Crippen LogP contribution in [-0.2, 0) is 10.0 Å². The molecule has 5 heteroatoms. The predicted octanol–water partition coefficient (Wildman–Crippen LogP) is 2.22. The average molecular weight is 278 g/mol. The van der Waals surface area contributed by atoms with E-state index in [1.165, 1.54) is 42.7 Å². The highest BCUT2D eigenvalue weighted by atomic mass is 32.2. The van der Waals surface area contributed by atoms with Crippen LogP contribution in [0.25, 0.3) is 0 Å². The van der Waals surface area contributed by atoms with E-state index in [1.807, 2.05) is 6.92 Å². The molecule has 0 rings (SSSR count). The van der Waals surface area contributed by atoms with Crippen molar-refractivity contribution in [1.29, 1.82) is 0 Å². The van der Waals surface area contributed by atoms with E-state index in [0.29, 0.717) is 13.1 Å². The molecule has 0 aromatic carbocycles. The molecule has 4 nitrogen and oxygen atoms in total. The maximum atomic E-state index is 11.3. The van der Waals surface area contributed by atoms with Crippen LogP contribution in [0.1, 0.15) is 52.4 Å². The molecule has 0 saturated carbocycles. The molecule has 0 fully saturated rings. The molecular weight excluding hydrogens is 248 g/mol. The highest BCUT2D eigenvalue weighted by molar-refractivity contribution is 7.88. The molecule has 18 heavy (non-hydrogen) atoms. The Balaban J connectivity index is 3.39. The van der Waals surface area contributed by atoms with Gasteiger partial charge in [0.1, 0.15) is 0 Å². The first-order valence-corrected chi connectivity index (χ1v) is 9.03. The second-order valence-corrected chi connectivity index (χ2v) is 6.75. The molecule has 110 valence electrons. The second kappa shape index (κ2) is 10.8. The summed E-state index contributed by atoms with van der Waals surface area (Å²) >= 11 is 0. The SMILES string of the molecule is CCCCCCCNCCCN(CC)S(C)(=O)=O. The van der Waals surface area contributed by atoms with Crippen molar-refractivity contribution >= 4 is 10.0 Å². The van der Waals surface area contributed by atoms with Gasteiger partial charge >= 0.3 is 0 Å². The third-order valence-electron chi connectivity index (χ3n) is 3.04. The maximum absolute atomic E-state index is 11.3. The van der Waals surface area contributed by atoms with Gasteiger partial charge in [-0.2, -0.15) is 0 Å². The summed E-state index contributed by atoms with van der Waals surface area (Å²) in [5, 5.41) is 3.37. The van der Waals surface area contributed by atoms with Crippen molar-refractivity contribution < 1.29 is 8.42 Å². The van der Waals surface area contributed by atoms with Gasteiger partial charge in [0.15, 0.2) is 0 Å². The zero-order valence-corrected chi connectivity index (χ0v) is 13.1. The van der Waals surface area contributed by atoms with Crippen LogP contribution in [0.4, 0.5) is 0 Å². The molecule has 0 aliphatic carbocycles. The lowest BCUT2D eigenvalue weighted by molar-refractivity contribution is 0.418. The first kappa shape index (κ1) is 17.9. The molecule has 0 saturated heterocycles. The third-order valence-corrected chi connectivity index (χ3v) is 4.42. The molecule has 0 aromatic rings. The summed E-state index contributed by atoms with van der Waals surface area (Å²) in [6.07, 6.45) is 8.63. The molecule has 0 aliphatic rings. The van der Waals surface area contributed by atoms with Crippen molar-refractivity contribution in [1.82, 2.24) is 9.62 Å². The number of rotatable bonds is 12. The van der Waals surface area contributed by atoms with Crippen LogP contribution in [-0.4, -0.2) is 45.2 Å². The zero-order chi connectivity index (χ0) is 13.9. The standard InChI is InChI=1S/C13H30N2O2S/c1-4-6-7-8-9-11-14-12-10-13-15(5-2)18(3,16)17/h14H,4-13H2,1-3H3. The Kier molecular flexibility index (Phi) is 10.7. The quantitative estimate of drug-likeness (QED) is 0.557. The van der Waals surface area contributed by atoms with Crippen LogP contribution in [0, 0.1) is 0 Å². The monoisotopic (exact) mass is 278 g/mol. The maximum Gasteiger partial charge on any atom is 0.211 e.